The largest absolute Gasteiger partial charge is 0.485 e. The molecule has 0 bridgehead atoms. The third-order valence-corrected chi connectivity index (χ3v) is 8.59. The Balaban J connectivity index is 1.52. The molecule has 2 aliphatic carbocycles. The first-order chi connectivity index (χ1) is 21.0. The van der Waals surface area contributed by atoms with E-state index in [0.717, 1.165) is 58.8 Å². The highest BCUT2D eigenvalue weighted by Crippen LogP contribution is 2.46. The number of unbranched alkanes of at least 4 members (excludes halogenated alkanes) is 9. The van der Waals surface area contributed by atoms with Crippen LogP contribution >= 0.6 is 0 Å². The molecule has 0 amide bonds. The molecule has 43 heavy (non-hydrogen) atoms. The molecule has 0 fully saturated rings. The highest BCUT2D eigenvalue weighted by molar-refractivity contribution is 6.11. The summed E-state index contributed by atoms with van der Waals surface area (Å²) in [6.07, 6.45) is 21.1. The van der Waals surface area contributed by atoms with E-state index >= 15 is 0 Å². The highest BCUT2D eigenvalue weighted by atomic mass is 16.5. The summed E-state index contributed by atoms with van der Waals surface area (Å²) in [5, 5.41) is 3.48. The van der Waals surface area contributed by atoms with Gasteiger partial charge < -0.3 is 14.8 Å². The minimum Gasteiger partial charge on any atom is -0.485 e. The van der Waals surface area contributed by atoms with Crippen LogP contribution in [0.5, 0.6) is 0 Å². The average Bonchev–Trinajstić information content (AvgIpc) is 3.00. The van der Waals surface area contributed by atoms with E-state index in [2.05, 4.69) is 63.4 Å². The van der Waals surface area contributed by atoms with Crippen molar-refractivity contribution in [2.75, 3.05) is 19.7 Å². The number of aliphatic imine (C=N–C) groups is 1. The van der Waals surface area contributed by atoms with Gasteiger partial charge in [0.2, 0.25) is 0 Å². The van der Waals surface area contributed by atoms with Crippen molar-refractivity contribution in [1.82, 2.24) is 5.32 Å². The summed E-state index contributed by atoms with van der Waals surface area (Å²) in [5.74, 6) is 0.528. The normalized spacial score (nSPS) is 20.3. The lowest BCUT2D eigenvalue weighted by Gasteiger charge is -2.39. The Morgan fingerprint density at radius 1 is 0.884 bits per heavy atom. The third kappa shape index (κ3) is 8.40. The van der Waals surface area contributed by atoms with E-state index in [0.29, 0.717) is 18.7 Å². The van der Waals surface area contributed by atoms with E-state index in [9.17, 15) is 4.79 Å². The molecule has 4 rings (SSSR count). The number of allylic oxidation sites excluding steroid dienone is 4. The Hall–Kier alpha value is -3.34. The Kier molecular flexibility index (Phi) is 12.5. The molecule has 0 saturated carbocycles. The van der Waals surface area contributed by atoms with Gasteiger partial charge in [-0.1, -0.05) is 89.0 Å². The number of esters is 1. The fraction of sp³-hybridized carbons (Fsp3) is 0.526. The van der Waals surface area contributed by atoms with E-state index in [1.807, 2.05) is 25.1 Å². The fourth-order valence-corrected chi connectivity index (χ4v) is 6.30. The number of hydrogen-bond acceptors (Lipinski definition) is 5. The van der Waals surface area contributed by atoms with E-state index in [1.54, 1.807) is 0 Å². The smallest absolute Gasteiger partial charge is 0.338 e. The number of ether oxygens (including phenoxy) is 2. The van der Waals surface area contributed by atoms with Crippen molar-refractivity contribution < 1.29 is 14.3 Å². The van der Waals surface area contributed by atoms with Gasteiger partial charge in [-0.3, -0.25) is 4.99 Å². The van der Waals surface area contributed by atoms with E-state index in [-0.39, 0.29) is 18.0 Å². The number of hydrogen-bond donors (Lipinski definition) is 1. The Labute approximate surface area is 259 Å². The number of carbonyl (C=O) groups is 1. The van der Waals surface area contributed by atoms with Crippen LogP contribution in [-0.2, 0) is 9.47 Å². The molecule has 1 heterocycles. The van der Waals surface area contributed by atoms with Gasteiger partial charge in [0.05, 0.1) is 17.9 Å². The molecule has 5 heteroatoms. The van der Waals surface area contributed by atoms with Crippen LogP contribution in [0.2, 0.25) is 0 Å². The van der Waals surface area contributed by atoms with Crippen molar-refractivity contribution >= 4 is 17.3 Å². The zero-order valence-corrected chi connectivity index (χ0v) is 27.1. The molecular formula is C38H52N2O3. The van der Waals surface area contributed by atoms with Gasteiger partial charge in [-0.25, -0.2) is 4.79 Å². The molecule has 0 saturated heterocycles. The maximum absolute atomic E-state index is 13.5. The second-order valence-electron chi connectivity index (χ2n) is 12.0. The van der Waals surface area contributed by atoms with Crippen molar-refractivity contribution in [2.24, 2.45) is 10.9 Å². The minimum absolute atomic E-state index is 0.0285. The molecule has 0 spiro atoms. The molecule has 1 aromatic rings. The monoisotopic (exact) mass is 584 g/mol. The molecule has 1 N–H and O–H groups in total. The summed E-state index contributed by atoms with van der Waals surface area (Å²) >= 11 is 0. The predicted molar refractivity (Wildman–Crippen MR) is 179 cm³/mol. The Bertz CT molecular complexity index is 1310. The number of benzene rings is 1. The Morgan fingerprint density at radius 3 is 2.28 bits per heavy atom. The zero-order valence-electron chi connectivity index (χ0n) is 27.1. The molecule has 232 valence electrons. The SMILES string of the molecule is CCCCCCCCCCCCOC(=O)c1ccccc1C1=C2C=C(C)C(=NCC)C=C2OC2C=C(NCC)C(C)=CC12. The summed E-state index contributed by atoms with van der Waals surface area (Å²) in [5.41, 5.74) is 7.98. The molecular weight excluding hydrogens is 532 g/mol. The van der Waals surface area contributed by atoms with E-state index in [4.69, 9.17) is 14.5 Å². The van der Waals surface area contributed by atoms with Crippen molar-refractivity contribution in [3.8, 4) is 0 Å². The summed E-state index contributed by atoms with van der Waals surface area (Å²) in [6.45, 7) is 12.7. The van der Waals surface area contributed by atoms with Crippen LogP contribution in [0.3, 0.4) is 0 Å². The van der Waals surface area contributed by atoms with Gasteiger partial charge in [-0.15, -0.1) is 0 Å². The molecule has 1 aromatic carbocycles. The molecule has 3 aliphatic rings. The molecule has 2 unspecified atom stereocenters. The van der Waals surface area contributed by atoms with Crippen molar-refractivity contribution in [2.45, 2.75) is 105 Å². The van der Waals surface area contributed by atoms with Crippen LogP contribution in [-0.4, -0.2) is 37.5 Å². The van der Waals surface area contributed by atoms with Gasteiger partial charge in [0.25, 0.3) is 0 Å². The second-order valence-corrected chi connectivity index (χ2v) is 12.0. The van der Waals surface area contributed by atoms with Gasteiger partial charge in [0, 0.05) is 36.4 Å². The minimum atomic E-state index is -0.252. The quantitative estimate of drug-likeness (QED) is 0.155. The zero-order chi connectivity index (χ0) is 30.6. The Morgan fingerprint density at radius 2 is 1.58 bits per heavy atom. The average molecular weight is 585 g/mol. The molecule has 2 atom stereocenters. The fourth-order valence-electron chi connectivity index (χ4n) is 6.30. The van der Waals surface area contributed by atoms with Crippen LogP contribution in [0.25, 0.3) is 5.57 Å². The van der Waals surface area contributed by atoms with Gasteiger partial charge in [-0.05, 0) is 74.6 Å². The van der Waals surface area contributed by atoms with Gasteiger partial charge >= 0.3 is 5.97 Å². The maximum atomic E-state index is 13.5. The lowest BCUT2D eigenvalue weighted by Crippen LogP contribution is -2.34. The van der Waals surface area contributed by atoms with Crippen LogP contribution in [0.1, 0.15) is 115 Å². The van der Waals surface area contributed by atoms with Gasteiger partial charge in [0.1, 0.15) is 11.9 Å². The third-order valence-electron chi connectivity index (χ3n) is 8.59. The molecule has 1 aliphatic heterocycles. The number of carbonyl (C=O) groups excluding carboxylic acids is 1. The summed E-state index contributed by atoms with van der Waals surface area (Å²) < 4.78 is 12.5. The maximum Gasteiger partial charge on any atom is 0.338 e. The van der Waals surface area contributed by atoms with Crippen LogP contribution < -0.4 is 5.32 Å². The van der Waals surface area contributed by atoms with Crippen LogP contribution in [0.4, 0.5) is 0 Å². The number of nitrogens with zero attached hydrogens (tertiary/aromatic N) is 1. The van der Waals surface area contributed by atoms with Crippen LogP contribution in [0, 0.1) is 5.92 Å². The molecule has 0 aromatic heterocycles. The summed E-state index contributed by atoms with van der Waals surface area (Å²) in [7, 11) is 0. The van der Waals surface area contributed by atoms with Crippen molar-refractivity contribution in [1.29, 1.82) is 0 Å². The van der Waals surface area contributed by atoms with Crippen LogP contribution in [0.15, 0.2) is 81.7 Å². The van der Waals surface area contributed by atoms with Crippen molar-refractivity contribution in [3.63, 3.8) is 0 Å². The predicted octanol–water partition coefficient (Wildman–Crippen LogP) is 9.29. The number of nitrogens with one attached hydrogen (secondary N) is 1. The first-order valence-corrected chi connectivity index (χ1v) is 16.7. The highest BCUT2D eigenvalue weighted by Gasteiger charge is 2.38. The number of rotatable bonds is 16. The van der Waals surface area contributed by atoms with E-state index in [1.165, 1.54) is 56.9 Å². The molecule has 0 radical (unpaired) electrons. The number of likely N-dealkylation sites (N-methyl/N-ethyl adjacent to an activating group) is 1. The first kappa shape index (κ1) is 32.6. The van der Waals surface area contributed by atoms with E-state index < -0.39 is 0 Å². The topological polar surface area (TPSA) is 59.9 Å². The lowest BCUT2D eigenvalue weighted by molar-refractivity contribution is 0.0497. The summed E-state index contributed by atoms with van der Waals surface area (Å²) in [6, 6.07) is 7.90. The first-order valence-electron chi connectivity index (χ1n) is 16.7. The van der Waals surface area contributed by atoms with Crippen molar-refractivity contribution in [3.05, 3.63) is 87.9 Å². The van der Waals surface area contributed by atoms with Gasteiger partial charge in [0.15, 0.2) is 0 Å². The standard InChI is InChI=1S/C38H52N2O3/c1-6-9-10-11-12-13-14-15-16-19-22-42-38(41)30-21-18-17-20-29(30)37-31-23-27(4)33(39-7-2)25-35(31)43-36-26-34(40-8-3)28(5)24-32(36)37/h17-18,20-21,23-26,31,35,39H,6-16,19,22H2,1-5H3. The second kappa shape index (κ2) is 16.5. The molecule has 5 nitrogen and oxygen atoms in total. The van der Waals surface area contributed by atoms with Gasteiger partial charge in [-0.2, -0.15) is 0 Å². The summed E-state index contributed by atoms with van der Waals surface area (Å²) in [4.78, 5) is 18.2. The number of fused-ring (bicyclic) bond motifs is 2. The lowest BCUT2D eigenvalue weighted by atomic mass is 9.75.